The number of nitro groups is 1. The third kappa shape index (κ3) is 4.54. The van der Waals surface area contributed by atoms with Crippen LogP contribution in [-0.4, -0.2) is 39.5 Å². The van der Waals surface area contributed by atoms with Crippen molar-refractivity contribution in [2.75, 3.05) is 14.2 Å². The van der Waals surface area contributed by atoms with E-state index in [4.69, 9.17) is 18.3 Å². The number of methoxy groups -OCH3 is 2. The van der Waals surface area contributed by atoms with Crippen LogP contribution in [0.4, 0.5) is 5.69 Å². The highest BCUT2D eigenvalue weighted by Crippen LogP contribution is 2.36. The zero-order chi connectivity index (χ0) is 22.7. The minimum absolute atomic E-state index is 0.0155. The van der Waals surface area contributed by atoms with Gasteiger partial charge in [-0.1, -0.05) is 11.8 Å². The summed E-state index contributed by atoms with van der Waals surface area (Å²) in [6.45, 7) is 1.86. The SMILES string of the molecule is COc1cc(OC)cc(-c2nnc(SC(C)c3nnc(-c4ccc([N+](=O)[O-])cc4)o3)o2)c1. The summed E-state index contributed by atoms with van der Waals surface area (Å²) in [6.07, 6.45) is 0. The molecule has 4 rings (SSSR count). The monoisotopic (exact) mass is 455 g/mol. The first-order valence-electron chi connectivity index (χ1n) is 9.28. The van der Waals surface area contributed by atoms with Crippen molar-refractivity contribution in [1.82, 2.24) is 20.4 Å². The second-order valence-corrected chi connectivity index (χ2v) is 7.78. The highest BCUT2D eigenvalue weighted by Gasteiger charge is 2.20. The first kappa shape index (κ1) is 21.3. The van der Waals surface area contributed by atoms with Gasteiger partial charge in [-0.25, -0.2) is 0 Å². The quantitative estimate of drug-likeness (QED) is 0.210. The fraction of sp³-hybridized carbons (Fsp3) is 0.200. The number of nitro benzene ring substituents is 1. The summed E-state index contributed by atoms with van der Waals surface area (Å²) in [5.74, 6) is 2.13. The third-order valence-corrected chi connectivity index (χ3v) is 5.32. The van der Waals surface area contributed by atoms with Gasteiger partial charge >= 0.3 is 0 Å². The topological polar surface area (TPSA) is 139 Å². The molecule has 0 aliphatic carbocycles. The van der Waals surface area contributed by atoms with E-state index in [2.05, 4.69) is 20.4 Å². The molecule has 2 aromatic heterocycles. The lowest BCUT2D eigenvalue weighted by atomic mass is 10.2. The van der Waals surface area contributed by atoms with Gasteiger partial charge < -0.3 is 18.3 Å². The Kier molecular flexibility index (Phi) is 6.03. The lowest BCUT2D eigenvalue weighted by molar-refractivity contribution is -0.384. The van der Waals surface area contributed by atoms with E-state index in [1.165, 1.54) is 23.9 Å². The van der Waals surface area contributed by atoms with Crippen LogP contribution in [-0.2, 0) is 0 Å². The highest BCUT2D eigenvalue weighted by molar-refractivity contribution is 7.99. The fourth-order valence-electron chi connectivity index (χ4n) is 2.75. The van der Waals surface area contributed by atoms with E-state index >= 15 is 0 Å². The van der Waals surface area contributed by atoms with Gasteiger partial charge in [0.15, 0.2) is 0 Å². The zero-order valence-corrected chi connectivity index (χ0v) is 18.0. The van der Waals surface area contributed by atoms with E-state index < -0.39 is 4.92 Å². The predicted molar refractivity (Wildman–Crippen MR) is 113 cm³/mol. The molecule has 0 N–H and O–H groups in total. The third-order valence-electron chi connectivity index (χ3n) is 4.40. The van der Waals surface area contributed by atoms with Crippen molar-refractivity contribution in [2.24, 2.45) is 0 Å². The molecule has 11 nitrogen and oxygen atoms in total. The van der Waals surface area contributed by atoms with Crippen LogP contribution in [0.3, 0.4) is 0 Å². The molecule has 2 aromatic carbocycles. The van der Waals surface area contributed by atoms with Gasteiger partial charge in [-0.15, -0.1) is 20.4 Å². The van der Waals surface area contributed by atoms with Crippen LogP contribution >= 0.6 is 11.8 Å². The number of hydrogen-bond acceptors (Lipinski definition) is 11. The summed E-state index contributed by atoms with van der Waals surface area (Å²) in [4.78, 5) is 10.3. The molecule has 1 atom stereocenters. The Balaban J connectivity index is 1.48. The van der Waals surface area contributed by atoms with E-state index in [1.54, 1.807) is 44.6 Å². The van der Waals surface area contributed by atoms with Crippen molar-refractivity contribution in [1.29, 1.82) is 0 Å². The van der Waals surface area contributed by atoms with Crippen molar-refractivity contribution in [3.63, 3.8) is 0 Å². The lowest BCUT2D eigenvalue weighted by Gasteiger charge is -2.05. The Morgan fingerprint density at radius 3 is 2.16 bits per heavy atom. The second-order valence-electron chi connectivity index (χ2n) is 6.48. The van der Waals surface area contributed by atoms with Crippen LogP contribution in [0.25, 0.3) is 22.9 Å². The molecule has 0 spiro atoms. The molecule has 0 saturated heterocycles. The molecule has 2 heterocycles. The molecule has 164 valence electrons. The molecule has 0 aliphatic rings. The van der Waals surface area contributed by atoms with Gasteiger partial charge in [-0.2, -0.15) is 0 Å². The average Bonchev–Trinajstić information content (AvgIpc) is 3.49. The summed E-state index contributed by atoms with van der Waals surface area (Å²) in [6, 6.07) is 11.1. The van der Waals surface area contributed by atoms with Gasteiger partial charge in [0.2, 0.25) is 17.7 Å². The first-order chi connectivity index (χ1) is 15.5. The van der Waals surface area contributed by atoms with Crippen LogP contribution in [0.15, 0.2) is 56.5 Å². The van der Waals surface area contributed by atoms with E-state index in [0.29, 0.717) is 39.6 Å². The van der Waals surface area contributed by atoms with E-state index in [0.717, 1.165) is 0 Å². The molecule has 0 radical (unpaired) electrons. The molecular formula is C20H17N5O6S. The first-order valence-corrected chi connectivity index (χ1v) is 10.2. The second kappa shape index (κ2) is 9.06. The number of thioether (sulfide) groups is 1. The minimum atomic E-state index is -0.470. The summed E-state index contributed by atoms with van der Waals surface area (Å²) < 4.78 is 22.0. The maximum absolute atomic E-state index is 10.8. The maximum Gasteiger partial charge on any atom is 0.277 e. The Labute approximate surface area is 185 Å². The summed E-state index contributed by atoms with van der Waals surface area (Å²) >= 11 is 1.26. The molecule has 0 saturated carbocycles. The Morgan fingerprint density at radius 2 is 1.53 bits per heavy atom. The molecule has 32 heavy (non-hydrogen) atoms. The Bertz CT molecular complexity index is 1220. The van der Waals surface area contributed by atoms with Crippen molar-refractivity contribution < 1.29 is 23.2 Å². The van der Waals surface area contributed by atoms with Crippen molar-refractivity contribution in [2.45, 2.75) is 17.4 Å². The smallest absolute Gasteiger partial charge is 0.277 e. The Morgan fingerprint density at radius 1 is 0.906 bits per heavy atom. The normalized spacial score (nSPS) is 11.8. The van der Waals surface area contributed by atoms with E-state index in [9.17, 15) is 10.1 Å². The number of ether oxygens (including phenoxy) is 2. The van der Waals surface area contributed by atoms with Gasteiger partial charge in [0.05, 0.1) is 24.4 Å². The van der Waals surface area contributed by atoms with E-state index in [1.807, 2.05) is 6.92 Å². The minimum Gasteiger partial charge on any atom is -0.497 e. The molecule has 12 heteroatoms. The average molecular weight is 455 g/mol. The highest BCUT2D eigenvalue weighted by atomic mass is 32.2. The fourth-order valence-corrected chi connectivity index (χ4v) is 3.46. The van der Waals surface area contributed by atoms with Crippen LogP contribution in [0.1, 0.15) is 18.1 Å². The van der Waals surface area contributed by atoms with Crippen molar-refractivity contribution in [3.8, 4) is 34.4 Å². The molecular weight excluding hydrogens is 438 g/mol. The zero-order valence-electron chi connectivity index (χ0n) is 17.2. The summed E-state index contributed by atoms with van der Waals surface area (Å²) in [5.41, 5.74) is 1.23. The van der Waals surface area contributed by atoms with Crippen LogP contribution < -0.4 is 9.47 Å². The number of rotatable bonds is 8. The molecule has 0 amide bonds. The predicted octanol–water partition coefficient (Wildman–Crippen LogP) is 4.57. The number of nitrogens with zero attached hydrogens (tertiary/aromatic N) is 5. The number of hydrogen-bond donors (Lipinski definition) is 0. The van der Waals surface area contributed by atoms with Gasteiger partial charge in [0, 0.05) is 29.3 Å². The van der Waals surface area contributed by atoms with Crippen LogP contribution in [0, 0.1) is 10.1 Å². The van der Waals surface area contributed by atoms with Crippen molar-refractivity contribution >= 4 is 17.4 Å². The molecule has 0 aliphatic heterocycles. The van der Waals surface area contributed by atoms with Crippen LogP contribution in [0.2, 0.25) is 0 Å². The Hall–Kier alpha value is -3.93. The van der Waals surface area contributed by atoms with Gasteiger partial charge in [-0.3, -0.25) is 10.1 Å². The van der Waals surface area contributed by atoms with Crippen LogP contribution in [0.5, 0.6) is 11.5 Å². The lowest BCUT2D eigenvalue weighted by Crippen LogP contribution is -1.89. The van der Waals surface area contributed by atoms with Crippen molar-refractivity contribution in [3.05, 3.63) is 58.5 Å². The summed E-state index contributed by atoms with van der Waals surface area (Å²) in [7, 11) is 3.12. The van der Waals surface area contributed by atoms with Gasteiger partial charge in [0.25, 0.3) is 10.9 Å². The van der Waals surface area contributed by atoms with Gasteiger partial charge in [0.1, 0.15) is 11.5 Å². The number of benzene rings is 2. The largest absolute Gasteiger partial charge is 0.497 e. The number of non-ortho nitro benzene ring substituents is 1. The molecule has 0 bridgehead atoms. The van der Waals surface area contributed by atoms with E-state index in [-0.39, 0.29) is 16.8 Å². The molecule has 0 fully saturated rings. The molecule has 4 aromatic rings. The summed E-state index contributed by atoms with van der Waals surface area (Å²) in [5, 5.41) is 27.1. The van der Waals surface area contributed by atoms with Gasteiger partial charge in [-0.05, 0) is 31.2 Å². The molecule has 1 unspecified atom stereocenters. The maximum atomic E-state index is 10.8. The standard InChI is InChI=1S/C20H17N5O6S/c1-11(17-21-22-18(30-17)12-4-6-14(7-5-12)25(26)27)32-20-24-23-19(31-20)13-8-15(28-2)10-16(9-13)29-3/h4-11H,1-3H3. The number of aromatic nitrogens is 4.